The lowest BCUT2D eigenvalue weighted by molar-refractivity contribution is -0.134. The largest absolute Gasteiger partial charge is 0.448 e. The Balaban J connectivity index is 0.956. The number of carbonyl (C=O) groups excluding carboxylic acids is 3. The van der Waals surface area contributed by atoms with Crippen LogP contribution in [0.4, 0.5) is 17.2 Å². The molecule has 2 aliphatic heterocycles. The summed E-state index contributed by atoms with van der Waals surface area (Å²) in [7, 11) is 3.78. The van der Waals surface area contributed by atoms with Crippen molar-refractivity contribution in [2.75, 3.05) is 36.5 Å². The maximum atomic E-state index is 12.9. The molecule has 0 radical (unpaired) electrons. The maximum Gasteiger partial charge on any atom is 0.270 e. The number of fused-ring (bicyclic) bond motifs is 3. The van der Waals surface area contributed by atoms with Crippen LogP contribution in [0.5, 0.6) is 0 Å². The van der Waals surface area contributed by atoms with E-state index in [2.05, 4.69) is 48.3 Å². The Morgan fingerprint density at radius 3 is 2.64 bits per heavy atom. The highest BCUT2D eigenvalue weighted by Crippen LogP contribution is 2.39. The summed E-state index contributed by atoms with van der Waals surface area (Å²) in [5.74, 6) is 6.07. The van der Waals surface area contributed by atoms with Crippen LogP contribution < -0.4 is 26.0 Å². The third kappa shape index (κ3) is 6.14. The van der Waals surface area contributed by atoms with Crippen molar-refractivity contribution in [1.29, 1.82) is 0 Å². The van der Waals surface area contributed by atoms with Crippen LogP contribution in [0.2, 0.25) is 0 Å². The van der Waals surface area contributed by atoms with E-state index in [0.29, 0.717) is 41.3 Å². The second-order valence-electron chi connectivity index (χ2n) is 13.2. The van der Waals surface area contributed by atoms with Crippen LogP contribution in [0.1, 0.15) is 46.1 Å². The van der Waals surface area contributed by atoms with Crippen molar-refractivity contribution in [2.24, 2.45) is 7.05 Å². The van der Waals surface area contributed by atoms with Crippen molar-refractivity contribution in [3.8, 4) is 23.2 Å². The molecule has 6 heterocycles. The summed E-state index contributed by atoms with van der Waals surface area (Å²) < 4.78 is 7.56. The molecule has 2 aromatic carbocycles. The molecule has 264 valence electrons. The van der Waals surface area contributed by atoms with E-state index in [4.69, 9.17) is 9.40 Å². The van der Waals surface area contributed by atoms with Crippen molar-refractivity contribution in [3.05, 3.63) is 106 Å². The van der Waals surface area contributed by atoms with Gasteiger partial charge in [-0.2, -0.15) is 0 Å². The number of imide groups is 1. The summed E-state index contributed by atoms with van der Waals surface area (Å²) in [5.41, 5.74) is 5.59. The van der Waals surface area contributed by atoms with Gasteiger partial charge in [-0.3, -0.25) is 29.5 Å². The van der Waals surface area contributed by atoms with E-state index in [1.54, 1.807) is 48.3 Å². The highest BCUT2D eigenvalue weighted by Gasteiger charge is 2.30. The number of rotatable bonds is 5. The number of benzene rings is 2. The molecule has 13 nitrogen and oxygen atoms in total. The number of piperidine rings is 1. The number of hydrogen-bond donors (Lipinski definition) is 2. The molecule has 8 rings (SSSR count). The molecule has 53 heavy (non-hydrogen) atoms. The molecule has 1 atom stereocenters. The van der Waals surface area contributed by atoms with Crippen LogP contribution in [0.15, 0.2) is 82.3 Å². The zero-order valence-electron chi connectivity index (χ0n) is 29.3. The van der Waals surface area contributed by atoms with Gasteiger partial charge in [0.2, 0.25) is 11.8 Å². The van der Waals surface area contributed by atoms with Crippen molar-refractivity contribution >= 4 is 56.8 Å². The van der Waals surface area contributed by atoms with Crippen LogP contribution in [0, 0.1) is 18.8 Å². The summed E-state index contributed by atoms with van der Waals surface area (Å²) in [6.45, 7) is 3.33. The number of pyridine rings is 2. The molecule has 3 amide bonds. The zero-order chi connectivity index (χ0) is 36.8. The lowest BCUT2D eigenvalue weighted by Crippen LogP contribution is -2.39. The summed E-state index contributed by atoms with van der Waals surface area (Å²) in [5, 5.41) is 6.91. The SMILES string of the molecule is Cc1cc2c(N3CCN(C)c4nc(-c5ccc(C(=O)NCC#Cc6cc7c(C8CCC(=O)NC8=O)cccc7o6)nc5)ncc43)cccc2n(C)c1=O. The Morgan fingerprint density at radius 2 is 1.83 bits per heavy atom. The van der Waals surface area contributed by atoms with Gasteiger partial charge in [0.05, 0.1) is 29.9 Å². The van der Waals surface area contributed by atoms with E-state index < -0.39 is 5.92 Å². The third-order valence-electron chi connectivity index (χ3n) is 9.79. The van der Waals surface area contributed by atoms with Gasteiger partial charge in [-0.1, -0.05) is 24.1 Å². The van der Waals surface area contributed by atoms with E-state index >= 15 is 0 Å². The molecule has 2 N–H and O–H groups in total. The number of furan rings is 1. The summed E-state index contributed by atoms with van der Waals surface area (Å²) in [4.78, 5) is 67.8. The molecule has 6 aromatic rings. The first-order valence-corrected chi connectivity index (χ1v) is 17.2. The van der Waals surface area contributed by atoms with Crippen LogP contribution in [0.25, 0.3) is 33.3 Å². The second kappa shape index (κ2) is 13.4. The standard InChI is InChI=1S/C40H34N8O5/c1-23-19-29-31(47(3)40(23)52)9-5-10-32(29)48-18-17-46(2)37-33(48)22-43-36(45-37)24-12-14-30(42-21-24)39(51)41-16-6-7-25-20-28-26(8-4-11-34(28)53-25)27-13-15-35(49)44-38(27)50/h4-5,8-12,14,19-22,27H,13,15-18H2,1-3H3,(H,41,51)(H,44,49,50). The average molecular weight is 707 g/mol. The predicted molar refractivity (Wildman–Crippen MR) is 200 cm³/mol. The Bertz CT molecular complexity index is 2600. The normalized spacial score (nSPS) is 15.6. The number of aromatic nitrogens is 4. The quantitative estimate of drug-likeness (QED) is 0.196. The van der Waals surface area contributed by atoms with Gasteiger partial charge < -0.3 is 24.1 Å². The fraction of sp³-hybridized carbons (Fsp3) is 0.225. The van der Waals surface area contributed by atoms with Crippen LogP contribution in [0.3, 0.4) is 0 Å². The summed E-state index contributed by atoms with van der Waals surface area (Å²) >= 11 is 0. The van der Waals surface area contributed by atoms with E-state index in [1.807, 2.05) is 44.3 Å². The molecule has 1 saturated heterocycles. The lowest BCUT2D eigenvalue weighted by atomic mass is 9.88. The number of anilines is 3. The molecular weight excluding hydrogens is 672 g/mol. The zero-order valence-corrected chi connectivity index (χ0v) is 29.3. The molecule has 0 bridgehead atoms. The number of hydrogen-bond acceptors (Lipinski definition) is 10. The maximum absolute atomic E-state index is 12.9. The minimum Gasteiger partial charge on any atom is -0.448 e. The van der Waals surface area contributed by atoms with E-state index in [1.165, 1.54) is 0 Å². The van der Waals surface area contributed by atoms with Gasteiger partial charge >= 0.3 is 0 Å². The monoisotopic (exact) mass is 706 g/mol. The van der Waals surface area contributed by atoms with E-state index in [9.17, 15) is 19.2 Å². The number of aryl methyl sites for hydroxylation is 2. The molecule has 4 aromatic heterocycles. The van der Waals surface area contributed by atoms with Gasteiger partial charge in [0.25, 0.3) is 11.5 Å². The average Bonchev–Trinajstić information content (AvgIpc) is 3.59. The molecule has 0 aliphatic carbocycles. The van der Waals surface area contributed by atoms with Gasteiger partial charge in [-0.25, -0.2) is 9.97 Å². The lowest BCUT2D eigenvalue weighted by Gasteiger charge is -2.36. The van der Waals surface area contributed by atoms with Crippen molar-refractivity contribution in [1.82, 2.24) is 30.2 Å². The highest BCUT2D eigenvalue weighted by atomic mass is 16.3. The highest BCUT2D eigenvalue weighted by molar-refractivity contribution is 6.03. The second-order valence-corrected chi connectivity index (χ2v) is 13.2. The van der Waals surface area contributed by atoms with Crippen LogP contribution in [-0.4, -0.2) is 63.9 Å². The molecule has 2 aliphatic rings. The Labute approximate surface area is 303 Å². The fourth-order valence-corrected chi connectivity index (χ4v) is 7.02. The minimum absolute atomic E-state index is 0.0178. The summed E-state index contributed by atoms with van der Waals surface area (Å²) in [6, 6.07) is 18.5. The number of carbonyl (C=O) groups is 3. The van der Waals surface area contributed by atoms with Gasteiger partial charge in [-0.15, -0.1) is 0 Å². The topological polar surface area (TPSA) is 156 Å². The Hall–Kier alpha value is -6.81. The Kier molecular flexibility index (Phi) is 8.42. The fourth-order valence-electron chi connectivity index (χ4n) is 7.02. The predicted octanol–water partition coefficient (Wildman–Crippen LogP) is 4.33. The van der Waals surface area contributed by atoms with Gasteiger partial charge in [0.1, 0.15) is 17.0 Å². The molecular formula is C40H34N8O5. The molecule has 1 unspecified atom stereocenters. The third-order valence-corrected chi connectivity index (χ3v) is 9.79. The number of likely N-dealkylation sites (N-methyl/N-ethyl adjacent to an activating group) is 1. The number of nitrogens with one attached hydrogen (secondary N) is 2. The number of amides is 3. The smallest absolute Gasteiger partial charge is 0.270 e. The van der Waals surface area contributed by atoms with Gasteiger partial charge in [-0.05, 0) is 61.2 Å². The first-order chi connectivity index (χ1) is 25.7. The molecule has 0 saturated carbocycles. The minimum atomic E-state index is -0.441. The first kappa shape index (κ1) is 33.3. The van der Waals surface area contributed by atoms with E-state index in [-0.39, 0.29) is 41.9 Å². The number of nitrogens with zero attached hydrogens (tertiary/aromatic N) is 6. The van der Waals surface area contributed by atoms with Crippen molar-refractivity contribution < 1.29 is 18.8 Å². The van der Waals surface area contributed by atoms with Gasteiger partial charge in [0, 0.05) is 67.8 Å². The van der Waals surface area contributed by atoms with Crippen LogP contribution >= 0.6 is 0 Å². The Morgan fingerprint density at radius 1 is 0.981 bits per heavy atom. The van der Waals surface area contributed by atoms with Crippen LogP contribution in [-0.2, 0) is 16.6 Å². The molecule has 1 fully saturated rings. The summed E-state index contributed by atoms with van der Waals surface area (Å²) in [6.07, 6.45) is 4.10. The van der Waals surface area contributed by atoms with Gasteiger partial charge in [0.15, 0.2) is 17.4 Å². The first-order valence-electron chi connectivity index (χ1n) is 17.2. The van der Waals surface area contributed by atoms with Crippen molar-refractivity contribution in [2.45, 2.75) is 25.7 Å². The van der Waals surface area contributed by atoms with E-state index in [0.717, 1.165) is 45.6 Å². The molecule has 0 spiro atoms. The molecule has 13 heteroatoms. The van der Waals surface area contributed by atoms with Crippen molar-refractivity contribution in [3.63, 3.8) is 0 Å².